The van der Waals surface area contributed by atoms with Crippen molar-refractivity contribution >= 4 is 24.4 Å². The summed E-state index contributed by atoms with van der Waals surface area (Å²) in [6.45, 7) is 0. The third-order valence-electron chi connectivity index (χ3n) is 0.659. The number of hydrogen-bond donors (Lipinski definition) is 0. The SMILES string of the molecule is C1=N/C=C\S/N=C\C1. The Morgan fingerprint density at radius 3 is 3.38 bits per heavy atom. The topological polar surface area (TPSA) is 24.7 Å². The second-order valence-corrected chi connectivity index (χ2v) is 1.94. The molecule has 0 aromatic carbocycles. The van der Waals surface area contributed by atoms with Gasteiger partial charge in [0.2, 0.25) is 0 Å². The molecular formula is C5H6N2S. The molecule has 1 aliphatic rings. The fourth-order valence-corrected chi connectivity index (χ4v) is 0.720. The number of hydrogen-bond acceptors (Lipinski definition) is 3. The molecule has 3 heteroatoms. The van der Waals surface area contributed by atoms with E-state index in [4.69, 9.17) is 0 Å². The Hall–Kier alpha value is -0.570. The maximum atomic E-state index is 3.94. The predicted molar refractivity (Wildman–Crippen MR) is 38.3 cm³/mol. The predicted octanol–water partition coefficient (Wildman–Crippen LogP) is 1.65. The van der Waals surface area contributed by atoms with E-state index in [9.17, 15) is 0 Å². The first-order valence-electron chi connectivity index (χ1n) is 2.34. The summed E-state index contributed by atoms with van der Waals surface area (Å²) in [4.78, 5) is 3.91. The van der Waals surface area contributed by atoms with Gasteiger partial charge in [0.25, 0.3) is 0 Å². The number of rotatable bonds is 0. The molecule has 0 spiro atoms. The highest BCUT2D eigenvalue weighted by molar-refractivity contribution is 8.01. The zero-order valence-electron chi connectivity index (χ0n) is 4.32. The van der Waals surface area contributed by atoms with Crippen LogP contribution in [-0.2, 0) is 0 Å². The molecule has 0 bridgehead atoms. The van der Waals surface area contributed by atoms with Gasteiger partial charge in [-0.25, -0.2) is 4.40 Å². The summed E-state index contributed by atoms with van der Waals surface area (Å²) >= 11 is 1.40. The van der Waals surface area contributed by atoms with Crippen molar-refractivity contribution in [3.05, 3.63) is 11.6 Å². The van der Waals surface area contributed by atoms with Crippen molar-refractivity contribution < 1.29 is 0 Å². The minimum Gasteiger partial charge on any atom is -0.268 e. The normalized spacial score (nSPS) is 26.0. The van der Waals surface area contributed by atoms with Gasteiger partial charge in [-0.1, -0.05) is 0 Å². The van der Waals surface area contributed by atoms with Gasteiger partial charge in [0.05, 0.1) is 0 Å². The second-order valence-electron chi connectivity index (χ2n) is 1.25. The van der Waals surface area contributed by atoms with Gasteiger partial charge in [-0.15, -0.1) is 0 Å². The van der Waals surface area contributed by atoms with Gasteiger partial charge in [-0.2, -0.15) is 0 Å². The fraction of sp³-hybridized carbons (Fsp3) is 0.200. The van der Waals surface area contributed by atoms with E-state index in [1.165, 1.54) is 11.9 Å². The van der Waals surface area contributed by atoms with E-state index in [1.54, 1.807) is 6.20 Å². The summed E-state index contributed by atoms with van der Waals surface area (Å²) < 4.78 is 3.94. The maximum absolute atomic E-state index is 3.94. The smallest absolute Gasteiger partial charge is 0.0345 e. The molecule has 0 radical (unpaired) electrons. The average molecular weight is 126 g/mol. The van der Waals surface area contributed by atoms with E-state index in [1.807, 2.05) is 17.8 Å². The van der Waals surface area contributed by atoms with Gasteiger partial charge in [0, 0.05) is 42.4 Å². The van der Waals surface area contributed by atoms with Crippen LogP contribution >= 0.6 is 11.9 Å². The molecule has 42 valence electrons. The summed E-state index contributed by atoms with van der Waals surface area (Å²) in [6.07, 6.45) is 6.23. The zero-order valence-corrected chi connectivity index (χ0v) is 5.14. The monoisotopic (exact) mass is 126 g/mol. The van der Waals surface area contributed by atoms with E-state index in [2.05, 4.69) is 9.39 Å². The Kier molecular flexibility index (Phi) is 2.39. The Bertz CT molecular complexity index is 121. The van der Waals surface area contributed by atoms with E-state index in [0.29, 0.717) is 0 Å². The largest absolute Gasteiger partial charge is 0.268 e. The lowest BCUT2D eigenvalue weighted by molar-refractivity contribution is 1.54. The van der Waals surface area contributed by atoms with Crippen LogP contribution in [0.1, 0.15) is 6.42 Å². The van der Waals surface area contributed by atoms with Gasteiger partial charge in [-0.3, -0.25) is 4.99 Å². The molecule has 0 saturated carbocycles. The first-order valence-corrected chi connectivity index (χ1v) is 3.18. The summed E-state index contributed by atoms with van der Waals surface area (Å²) in [5.74, 6) is 0. The van der Waals surface area contributed by atoms with Crippen molar-refractivity contribution in [3.63, 3.8) is 0 Å². The van der Waals surface area contributed by atoms with Crippen molar-refractivity contribution in [2.45, 2.75) is 6.42 Å². The molecular weight excluding hydrogens is 120 g/mol. The molecule has 0 amide bonds. The molecule has 0 atom stereocenters. The lowest BCUT2D eigenvalue weighted by atomic mass is 10.5. The van der Waals surface area contributed by atoms with Crippen LogP contribution in [0, 0.1) is 0 Å². The third-order valence-corrected chi connectivity index (χ3v) is 1.17. The lowest BCUT2D eigenvalue weighted by Crippen LogP contribution is -1.75. The summed E-state index contributed by atoms with van der Waals surface area (Å²) in [6, 6.07) is 0. The van der Waals surface area contributed by atoms with Crippen molar-refractivity contribution in [1.29, 1.82) is 0 Å². The van der Waals surface area contributed by atoms with E-state index in [-0.39, 0.29) is 0 Å². The Labute approximate surface area is 52.6 Å². The van der Waals surface area contributed by atoms with Crippen LogP contribution in [0.4, 0.5) is 0 Å². The van der Waals surface area contributed by atoms with Crippen molar-refractivity contribution in [1.82, 2.24) is 0 Å². The summed E-state index contributed by atoms with van der Waals surface area (Å²) in [5, 5.41) is 1.84. The number of nitrogens with zero attached hydrogens (tertiary/aromatic N) is 2. The van der Waals surface area contributed by atoms with Gasteiger partial charge in [0.15, 0.2) is 0 Å². The molecule has 0 N–H and O–H groups in total. The standard InChI is InChI=1S/C5H6N2S/c1-2-6-4-5-8-7-3-1/h2-5H,1H2/b5-4-,6-2?,7-3-. The molecule has 1 rings (SSSR count). The molecule has 8 heavy (non-hydrogen) atoms. The molecule has 1 aliphatic heterocycles. The molecule has 1 heterocycles. The first-order chi connectivity index (χ1) is 4.00. The molecule has 0 fully saturated rings. The van der Waals surface area contributed by atoms with Crippen LogP contribution in [0.3, 0.4) is 0 Å². The maximum Gasteiger partial charge on any atom is 0.0345 e. The van der Waals surface area contributed by atoms with Crippen molar-refractivity contribution in [2.75, 3.05) is 0 Å². The highest BCUT2D eigenvalue weighted by Gasteiger charge is 1.76. The summed E-state index contributed by atoms with van der Waals surface area (Å²) in [5.41, 5.74) is 0. The quantitative estimate of drug-likeness (QED) is 0.453. The van der Waals surface area contributed by atoms with Crippen LogP contribution in [-0.4, -0.2) is 12.4 Å². The second kappa shape index (κ2) is 3.43. The molecule has 0 saturated heterocycles. The van der Waals surface area contributed by atoms with Crippen LogP contribution in [0.25, 0.3) is 0 Å². The van der Waals surface area contributed by atoms with Gasteiger partial charge >= 0.3 is 0 Å². The fourth-order valence-electron chi connectivity index (χ4n) is 0.352. The minimum absolute atomic E-state index is 0.845. The van der Waals surface area contributed by atoms with Crippen LogP contribution in [0.15, 0.2) is 21.0 Å². The van der Waals surface area contributed by atoms with Crippen molar-refractivity contribution in [3.8, 4) is 0 Å². The van der Waals surface area contributed by atoms with E-state index < -0.39 is 0 Å². The van der Waals surface area contributed by atoms with Gasteiger partial charge in [0.1, 0.15) is 0 Å². The Morgan fingerprint density at radius 2 is 2.38 bits per heavy atom. The Morgan fingerprint density at radius 1 is 1.38 bits per heavy atom. The minimum atomic E-state index is 0.845. The highest BCUT2D eigenvalue weighted by Crippen LogP contribution is 2.03. The van der Waals surface area contributed by atoms with E-state index >= 15 is 0 Å². The van der Waals surface area contributed by atoms with Gasteiger partial charge < -0.3 is 0 Å². The van der Waals surface area contributed by atoms with Crippen LogP contribution in [0.2, 0.25) is 0 Å². The molecule has 0 aliphatic carbocycles. The van der Waals surface area contributed by atoms with E-state index in [0.717, 1.165) is 6.42 Å². The first kappa shape index (κ1) is 5.56. The summed E-state index contributed by atoms with van der Waals surface area (Å²) in [7, 11) is 0. The van der Waals surface area contributed by atoms with Crippen molar-refractivity contribution in [2.24, 2.45) is 9.39 Å². The molecule has 0 aromatic heterocycles. The number of aliphatic imine (C=N–C) groups is 1. The van der Waals surface area contributed by atoms with Crippen LogP contribution < -0.4 is 0 Å². The average Bonchev–Trinajstić information content (AvgIpc) is 1.62. The lowest BCUT2D eigenvalue weighted by Gasteiger charge is -1.84. The van der Waals surface area contributed by atoms with Gasteiger partial charge in [-0.05, 0) is 0 Å². The Balaban J connectivity index is 2.51. The molecule has 2 nitrogen and oxygen atoms in total. The highest BCUT2D eigenvalue weighted by atomic mass is 32.2. The zero-order chi connectivity index (χ0) is 5.66. The third kappa shape index (κ3) is 1.93. The van der Waals surface area contributed by atoms with Crippen LogP contribution in [0.5, 0.6) is 0 Å². The molecule has 0 unspecified atom stereocenters. The molecule has 0 aromatic rings.